The van der Waals surface area contributed by atoms with Gasteiger partial charge in [0.15, 0.2) is 0 Å². The highest BCUT2D eigenvalue weighted by molar-refractivity contribution is 6.13. The van der Waals surface area contributed by atoms with Crippen molar-refractivity contribution < 1.29 is 9.53 Å². The highest BCUT2D eigenvalue weighted by atomic mass is 16.5. The molecule has 32 heavy (non-hydrogen) atoms. The van der Waals surface area contributed by atoms with E-state index in [-0.39, 0.29) is 11.9 Å². The Bertz CT molecular complexity index is 1100. The number of carbonyl (C=O) groups excluding carboxylic acids is 1. The van der Waals surface area contributed by atoms with Gasteiger partial charge in [-0.3, -0.25) is 15.2 Å². The van der Waals surface area contributed by atoms with Crippen LogP contribution in [0.25, 0.3) is 0 Å². The molecule has 0 spiro atoms. The fourth-order valence-electron chi connectivity index (χ4n) is 3.83. The fourth-order valence-corrected chi connectivity index (χ4v) is 3.83. The van der Waals surface area contributed by atoms with E-state index in [9.17, 15) is 4.79 Å². The average Bonchev–Trinajstić information content (AvgIpc) is 2.85. The van der Waals surface area contributed by atoms with Gasteiger partial charge in [0, 0.05) is 48.3 Å². The largest absolute Gasteiger partial charge is 0.457 e. The molecule has 0 radical (unpaired) electrons. The van der Waals surface area contributed by atoms with Crippen LogP contribution in [-0.4, -0.2) is 40.6 Å². The number of ether oxygens (including phenoxy) is 1. The first-order chi connectivity index (χ1) is 15.6. The van der Waals surface area contributed by atoms with Crippen LogP contribution in [0.3, 0.4) is 0 Å². The Balaban J connectivity index is 1.47. The number of anilines is 1. The van der Waals surface area contributed by atoms with Crippen molar-refractivity contribution in [2.75, 3.05) is 18.4 Å². The van der Waals surface area contributed by atoms with Gasteiger partial charge in [0.05, 0.1) is 5.71 Å². The molecule has 1 aliphatic heterocycles. The molecule has 1 amide bonds. The first-order valence-electron chi connectivity index (χ1n) is 10.7. The molecule has 0 saturated carbocycles. The van der Waals surface area contributed by atoms with Crippen LogP contribution in [0.2, 0.25) is 0 Å². The molecule has 2 aromatic carbocycles. The molecule has 1 saturated heterocycles. The summed E-state index contributed by atoms with van der Waals surface area (Å²) in [6.07, 6.45) is 6.67. The van der Waals surface area contributed by atoms with Gasteiger partial charge < -0.3 is 15.0 Å². The Morgan fingerprint density at radius 1 is 1.12 bits per heavy atom. The number of aromatic nitrogens is 1. The highest BCUT2D eigenvalue weighted by Crippen LogP contribution is 2.25. The van der Waals surface area contributed by atoms with E-state index in [1.165, 1.54) is 6.08 Å². The van der Waals surface area contributed by atoms with E-state index in [2.05, 4.69) is 16.9 Å². The number of rotatable bonds is 7. The SMILES string of the molecule is C=CC(=O)N1CCC[C@@H](Nc2ccncc2C(=N)c2ccc(Oc3ccccc3)cc2)C1. The van der Waals surface area contributed by atoms with Crippen LogP contribution in [0.4, 0.5) is 5.69 Å². The minimum absolute atomic E-state index is 0.0444. The number of pyridine rings is 1. The predicted octanol–water partition coefficient (Wildman–Crippen LogP) is 4.88. The van der Waals surface area contributed by atoms with Gasteiger partial charge in [-0.25, -0.2) is 0 Å². The Morgan fingerprint density at radius 2 is 1.88 bits per heavy atom. The van der Waals surface area contributed by atoms with Gasteiger partial charge >= 0.3 is 0 Å². The van der Waals surface area contributed by atoms with Crippen LogP contribution in [-0.2, 0) is 4.79 Å². The van der Waals surface area contributed by atoms with Gasteiger partial charge in [0.2, 0.25) is 5.91 Å². The molecule has 162 valence electrons. The molecule has 2 heterocycles. The number of likely N-dealkylation sites (tertiary alicyclic amines) is 1. The topological polar surface area (TPSA) is 78.3 Å². The maximum atomic E-state index is 12.0. The quantitative estimate of drug-likeness (QED) is 0.417. The van der Waals surface area contributed by atoms with Gasteiger partial charge in [-0.05, 0) is 61.4 Å². The van der Waals surface area contributed by atoms with Gasteiger partial charge in [0.25, 0.3) is 0 Å². The lowest BCUT2D eigenvalue weighted by Crippen LogP contribution is -2.44. The molecule has 4 rings (SSSR count). The monoisotopic (exact) mass is 426 g/mol. The third kappa shape index (κ3) is 5.03. The Morgan fingerprint density at radius 3 is 2.62 bits per heavy atom. The summed E-state index contributed by atoms with van der Waals surface area (Å²) in [5, 5.41) is 12.3. The predicted molar refractivity (Wildman–Crippen MR) is 127 cm³/mol. The standard InChI is InChI=1S/C26H26N4O2/c1-2-25(31)30-16-6-7-20(18-30)29-24-14-15-28-17-23(24)26(27)19-10-12-22(13-11-19)32-21-8-4-3-5-9-21/h2-5,8-15,17,20,27H,1,6-7,16,18H2,(H,28,29)/t20-/m1/s1. The molecule has 0 bridgehead atoms. The van der Waals surface area contributed by atoms with Crippen molar-refractivity contribution in [2.45, 2.75) is 18.9 Å². The van der Waals surface area contributed by atoms with Crippen LogP contribution >= 0.6 is 0 Å². The summed E-state index contributed by atoms with van der Waals surface area (Å²) in [5.74, 6) is 1.44. The van der Waals surface area contributed by atoms with Crippen molar-refractivity contribution in [3.8, 4) is 11.5 Å². The lowest BCUT2D eigenvalue weighted by Gasteiger charge is -2.33. The van der Waals surface area contributed by atoms with Crippen molar-refractivity contribution in [3.63, 3.8) is 0 Å². The Kier molecular flexibility index (Phi) is 6.60. The maximum absolute atomic E-state index is 12.0. The average molecular weight is 427 g/mol. The zero-order valence-corrected chi connectivity index (χ0v) is 17.8. The van der Waals surface area contributed by atoms with E-state index < -0.39 is 0 Å². The van der Waals surface area contributed by atoms with Crippen LogP contribution < -0.4 is 10.1 Å². The second kappa shape index (κ2) is 9.92. The number of hydrogen-bond donors (Lipinski definition) is 2. The van der Waals surface area contributed by atoms with Crippen molar-refractivity contribution >= 4 is 17.3 Å². The number of para-hydroxylation sites is 1. The van der Waals surface area contributed by atoms with Gasteiger partial charge in [-0.15, -0.1) is 0 Å². The first-order valence-corrected chi connectivity index (χ1v) is 10.7. The summed E-state index contributed by atoms with van der Waals surface area (Å²) in [4.78, 5) is 18.0. The third-order valence-electron chi connectivity index (χ3n) is 5.48. The molecule has 0 unspecified atom stereocenters. The van der Waals surface area contributed by atoms with Crippen molar-refractivity contribution in [1.82, 2.24) is 9.88 Å². The van der Waals surface area contributed by atoms with Gasteiger partial charge in [-0.2, -0.15) is 0 Å². The van der Waals surface area contributed by atoms with E-state index in [1.807, 2.05) is 65.6 Å². The van der Waals surface area contributed by atoms with Crippen LogP contribution in [0.15, 0.2) is 85.7 Å². The summed E-state index contributed by atoms with van der Waals surface area (Å²) in [7, 11) is 0. The van der Waals surface area contributed by atoms with Gasteiger partial charge in [-0.1, -0.05) is 24.8 Å². The Hall–Kier alpha value is -3.93. The highest BCUT2D eigenvalue weighted by Gasteiger charge is 2.23. The zero-order chi connectivity index (χ0) is 22.3. The van der Waals surface area contributed by atoms with Crippen LogP contribution in [0.5, 0.6) is 11.5 Å². The smallest absolute Gasteiger partial charge is 0.246 e. The van der Waals surface area contributed by atoms with Crippen LogP contribution in [0, 0.1) is 5.41 Å². The second-order valence-corrected chi connectivity index (χ2v) is 7.71. The normalized spacial score (nSPS) is 15.6. The molecule has 1 fully saturated rings. The lowest BCUT2D eigenvalue weighted by atomic mass is 10.0. The Labute approximate surface area is 188 Å². The molecular formula is C26H26N4O2. The van der Waals surface area contributed by atoms with Crippen molar-refractivity contribution in [1.29, 1.82) is 5.41 Å². The molecule has 2 N–H and O–H groups in total. The molecule has 1 aromatic heterocycles. The summed E-state index contributed by atoms with van der Waals surface area (Å²) >= 11 is 0. The fraction of sp³-hybridized carbons (Fsp3) is 0.192. The zero-order valence-electron chi connectivity index (χ0n) is 17.8. The minimum atomic E-state index is -0.0444. The number of nitrogens with zero attached hydrogens (tertiary/aromatic N) is 2. The lowest BCUT2D eigenvalue weighted by molar-refractivity contribution is -0.127. The van der Waals surface area contributed by atoms with Crippen molar-refractivity contribution in [3.05, 3.63) is 96.8 Å². The second-order valence-electron chi connectivity index (χ2n) is 7.71. The molecule has 6 heteroatoms. The van der Waals surface area contributed by atoms with E-state index in [4.69, 9.17) is 10.1 Å². The molecule has 3 aromatic rings. The summed E-state index contributed by atoms with van der Waals surface area (Å²) in [5.41, 5.74) is 2.71. The molecule has 6 nitrogen and oxygen atoms in total. The van der Waals surface area contributed by atoms with Gasteiger partial charge in [0.1, 0.15) is 11.5 Å². The number of piperidine rings is 1. The number of nitrogens with one attached hydrogen (secondary N) is 2. The minimum Gasteiger partial charge on any atom is -0.457 e. The molecule has 0 aliphatic carbocycles. The van der Waals surface area contributed by atoms with E-state index in [0.29, 0.717) is 18.0 Å². The summed E-state index contributed by atoms with van der Waals surface area (Å²) in [6.45, 7) is 4.95. The molecule has 1 aliphatic rings. The van der Waals surface area contributed by atoms with Crippen LogP contribution in [0.1, 0.15) is 24.0 Å². The maximum Gasteiger partial charge on any atom is 0.246 e. The first kappa shape index (κ1) is 21.3. The van der Waals surface area contributed by atoms with E-state index in [0.717, 1.165) is 42.0 Å². The number of benzene rings is 2. The number of hydrogen-bond acceptors (Lipinski definition) is 5. The summed E-state index contributed by atoms with van der Waals surface area (Å²) < 4.78 is 5.85. The molecular weight excluding hydrogens is 400 g/mol. The molecule has 1 atom stereocenters. The number of amides is 1. The van der Waals surface area contributed by atoms with Crippen molar-refractivity contribution in [2.24, 2.45) is 0 Å². The number of carbonyl (C=O) groups is 1. The third-order valence-corrected chi connectivity index (χ3v) is 5.48. The van der Waals surface area contributed by atoms with E-state index in [1.54, 1.807) is 12.4 Å². The summed E-state index contributed by atoms with van der Waals surface area (Å²) in [6, 6.07) is 19.1. The van der Waals surface area contributed by atoms with E-state index >= 15 is 0 Å².